The Morgan fingerprint density at radius 2 is 1.66 bits per heavy atom. The predicted octanol–water partition coefficient (Wildman–Crippen LogP) is 3.87. The molecule has 0 spiro atoms. The zero-order chi connectivity index (χ0) is 21.1. The highest BCUT2D eigenvalue weighted by molar-refractivity contribution is 5.94. The van der Waals surface area contributed by atoms with Crippen LogP contribution in [0, 0.1) is 27.7 Å². The van der Waals surface area contributed by atoms with E-state index in [9.17, 15) is 9.59 Å². The lowest BCUT2D eigenvalue weighted by molar-refractivity contribution is -0.122. The van der Waals surface area contributed by atoms with Crippen LogP contribution in [0.1, 0.15) is 29.2 Å². The summed E-state index contributed by atoms with van der Waals surface area (Å²) >= 11 is 0. The van der Waals surface area contributed by atoms with E-state index in [-0.39, 0.29) is 17.3 Å². The van der Waals surface area contributed by atoms with Crippen molar-refractivity contribution in [3.63, 3.8) is 0 Å². The number of ether oxygens (including phenoxy) is 1. The number of hydrogen-bond acceptors (Lipinski definition) is 4. The summed E-state index contributed by atoms with van der Waals surface area (Å²) in [6.07, 6.45) is -0.783. The molecular formula is C23H25N3O3. The second-order valence-electron chi connectivity index (χ2n) is 7.32. The summed E-state index contributed by atoms with van der Waals surface area (Å²) in [6, 6.07) is 14.3. The largest absolute Gasteiger partial charge is 0.463 e. The van der Waals surface area contributed by atoms with Gasteiger partial charge in [-0.15, -0.1) is 5.10 Å². The Balaban J connectivity index is 1.78. The van der Waals surface area contributed by atoms with Gasteiger partial charge in [0.25, 0.3) is 11.5 Å². The zero-order valence-electron chi connectivity index (χ0n) is 17.3. The Hall–Kier alpha value is -3.41. The summed E-state index contributed by atoms with van der Waals surface area (Å²) in [5.74, 6) is -0.0911. The number of aryl methyl sites for hydroxylation is 4. The SMILES string of the molecule is Cc1cc(C)cc(NC(=O)C(C)Oc2ccc(=O)n(-c3ccc(C)c(C)c3)n2)c1. The first-order chi connectivity index (χ1) is 13.7. The molecule has 2 aromatic carbocycles. The molecule has 0 aliphatic rings. The van der Waals surface area contributed by atoms with E-state index in [4.69, 9.17) is 4.74 Å². The van der Waals surface area contributed by atoms with E-state index in [2.05, 4.69) is 10.4 Å². The molecule has 150 valence electrons. The predicted molar refractivity (Wildman–Crippen MR) is 114 cm³/mol. The third-order valence-electron chi connectivity index (χ3n) is 4.67. The van der Waals surface area contributed by atoms with E-state index in [1.54, 1.807) is 6.92 Å². The monoisotopic (exact) mass is 391 g/mol. The first-order valence-electron chi connectivity index (χ1n) is 9.47. The van der Waals surface area contributed by atoms with Crippen LogP contribution in [0.3, 0.4) is 0 Å². The van der Waals surface area contributed by atoms with Gasteiger partial charge in [-0.2, -0.15) is 4.68 Å². The smallest absolute Gasteiger partial charge is 0.271 e. The molecule has 6 nitrogen and oxygen atoms in total. The Bertz CT molecular complexity index is 1100. The minimum absolute atomic E-state index is 0.200. The van der Waals surface area contributed by atoms with E-state index < -0.39 is 6.10 Å². The highest BCUT2D eigenvalue weighted by atomic mass is 16.5. The third-order valence-corrected chi connectivity index (χ3v) is 4.67. The van der Waals surface area contributed by atoms with Crippen molar-refractivity contribution >= 4 is 11.6 Å². The first kappa shape index (κ1) is 20.3. The van der Waals surface area contributed by atoms with Crippen LogP contribution in [0.15, 0.2) is 53.3 Å². The Labute approximate surface area is 170 Å². The van der Waals surface area contributed by atoms with Gasteiger partial charge in [0.05, 0.1) is 5.69 Å². The number of rotatable bonds is 5. The Morgan fingerprint density at radius 1 is 0.966 bits per heavy atom. The van der Waals surface area contributed by atoms with Crippen molar-refractivity contribution in [1.29, 1.82) is 0 Å². The average molecular weight is 391 g/mol. The van der Waals surface area contributed by atoms with E-state index in [0.717, 1.165) is 27.9 Å². The van der Waals surface area contributed by atoms with Crippen LogP contribution in [-0.4, -0.2) is 21.8 Å². The van der Waals surface area contributed by atoms with Gasteiger partial charge >= 0.3 is 0 Å². The van der Waals surface area contributed by atoms with Gasteiger partial charge in [0, 0.05) is 17.8 Å². The summed E-state index contributed by atoms with van der Waals surface area (Å²) in [6.45, 7) is 9.57. The standard InChI is InChI=1S/C23H25N3O3/c1-14-10-15(2)12-19(11-14)24-23(28)18(5)29-21-8-9-22(27)26(25-21)20-7-6-16(3)17(4)13-20/h6-13,18H,1-5H3,(H,24,28). The molecule has 1 atom stereocenters. The molecule has 0 aliphatic heterocycles. The zero-order valence-corrected chi connectivity index (χ0v) is 17.3. The minimum atomic E-state index is -0.783. The molecule has 0 aliphatic carbocycles. The van der Waals surface area contributed by atoms with Gasteiger partial charge in [0.1, 0.15) is 0 Å². The van der Waals surface area contributed by atoms with Crippen molar-refractivity contribution in [1.82, 2.24) is 9.78 Å². The lowest BCUT2D eigenvalue weighted by Crippen LogP contribution is -2.31. The fraction of sp³-hybridized carbons (Fsp3) is 0.261. The number of hydrogen-bond donors (Lipinski definition) is 1. The van der Waals surface area contributed by atoms with Crippen LogP contribution < -0.4 is 15.6 Å². The van der Waals surface area contributed by atoms with Crippen molar-refractivity contribution < 1.29 is 9.53 Å². The number of carbonyl (C=O) groups excluding carboxylic acids is 1. The van der Waals surface area contributed by atoms with Crippen molar-refractivity contribution in [3.05, 3.63) is 81.1 Å². The van der Waals surface area contributed by atoms with Crippen LogP contribution in [0.25, 0.3) is 5.69 Å². The topological polar surface area (TPSA) is 73.2 Å². The van der Waals surface area contributed by atoms with Crippen molar-refractivity contribution in [2.24, 2.45) is 0 Å². The lowest BCUT2D eigenvalue weighted by Gasteiger charge is -2.15. The van der Waals surface area contributed by atoms with Gasteiger partial charge in [-0.05, 0) is 81.1 Å². The fourth-order valence-electron chi connectivity index (χ4n) is 3.02. The molecule has 3 aromatic rings. The van der Waals surface area contributed by atoms with Crippen molar-refractivity contribution in [2.75, 3.05) is 5.32 Å². The van der Waals surface area contributed by atoms with Crippen LogP contribution in [0.4, 0.5) is 5.69 Å². The molecule has 3 rings (SSSR count). The van der Waals surface area contributed by atoms with Gasteiger partial charge in [-0.1, -0.05) is 12.1 Å². The molecule has 1 unspecified atom stereocenters. The van der Waals surface area contributed by atoms with E-state index in [0.29, 0.717) is 5.69 Å². The number of anilines is 1. The molecule has 0 saturated carbocycles. The van der Waals surface area contributed by atoms with Gasteiger partial charge in [-0.3, -0.25) is 9.59 Å². The molecule has 1 heterocycles. The minimum Gasteiger partial charge on any atom is -0.463 e. The Kier molecular flexibility index (Phi) is 5.82. The van der Waals surface area contributed by atoms with Crippen LogP contribution in [0.2, 0.25) is 0 Å². The van der Waals surface area contributed by atoms with Gasteiger partial charge in [-0.25, -0.2) is 0 Å². The number of benzene rings is 2. The fourth-order valence-corrected chi connectivity index (χ4v) is 3.02. The summed E-state index contributed by atoms with van der Waals surface area (Å²) in [4.78, 5) is 24.8. The summed E-state index contributed by atoms with van der Waals surface area (Å²) < 4.78 is 6.97. The molecular weight excluding hydrogens is 366 g/mol. The lowest BCUT2D eigenvalue weighted by atomic mass is 10.1. The summed E-state index contributed by atoms with van der Waals surface area (Å²) in [5, 5.41) is 7.13. The maximum atomic E-state index is 12.5. The van der Waals surface area contributed by atoms with E-state index in [1.807, 2.05) is 64.1 Å². The number of nitrogens with one attached hydrogen (secondary N) is 1. The Morgan fingerprint density at radius 3 is 2.31 bits per heavy atom. The van der Waals surface area contributed by atoms with Gasteiger partial charge in [0.15, 0.2) is 6.10 Å². The number of amides is 1. The van der Waals surface area contributed by atoms with Gasteiger partial charge < -0.3 is 10.1 Å². The van der Waals surface area contributed by atoms with Crippen molar-refractivity contribution in [3.8, 4) is 11.6 Å². The average Bonchev–Trinajstić information content (AvgIpc) is 2.64. The van der Waals surface area contributed by atoms with Crippen LogP contribution in [-0.2, 0) is 4.79 Å². The number of nitrogens with zero attached hydrogens (tertiary/aromatic N) is 2. The maximum Gasteiger partial charge on any atom is 0.271 e. The number of carbonyl (C=O) groups is 1. The molecule has 0 radical (unpaired) electrons. The second kappa shape index (κ2) is 8.31. The summed E-state index contributed by atoms with van der Waals surface area (Å²) in [7, 11) is 0. The molecule has 0 saturated heterocycles. The molecule has 0 bridgehead atoms. The van der Waals surface area contributed by atoms with Crippen molar-refractivity contribution in [2.45, 2.75) is 40.7 Å². The molecule has 6 heteroatoms. The van der Waals surface area contributed by atoms with Crippen LogP contribution >= 0.6 is 0 Å². The summed E-state index contributed by atoms with van der Waals surface area (Å²) in [5.41, 5.74) is 5.42. The molecule has 0 fully saturated rings. The third kappa shape index (κ3) is 4.90. The molecule has 29 heavy (non-hydrogen) atoms. The van der Waals surface area contributed by atoms with Crippen LogP contribution in [0.5, 0.6) is 5.88 Å². The van der Waals surface area contributed by atoms with E-state index in [1.165, 1.54) is 16.8 Å². The van der Waals surface area contributed by atoms with E-state index >= 15 is 0 Å². The highest BCUT2D eigenvalue weighted by Crippen LogP contribution is 2.16. The molecule has 1 N–H and O–H groups in total. The molecule has 1 amide bonds. The highest BCUT2D eigenvalue weighted by Gasteiger charge is 2.17. The first-order valence-corrected chi connectivity index (χ1v) is 9.47. The molecule has 1 aromatic heterocycles. The second-order valence-corrected chi connectivity index (χ2v) is 7.32. The number of aromatic nitrogens is 2. The quantitative estimate of drug-likeness (QED) is 0.716. The van der Waals surface area contributed by atoms with Gasteiger partial charge in [0.2, 0.25) is 5.88 Å². The maximum absolute atomic E-state index is 12.5. The normalized spacial score (nSPS) is 11.8.